The van der Waals surface area contributed by atoms with E-state index in [0.717, 1.165) is 5.69 Å². The van der Waals surface area contributed by atoms with E-state index in [0.29, 0.717) is 12.3 Å². The molecular formula is C11H12INO. The number of carbonyl (C=O) groups is 1. The van der Waals surface area contributed by atoms with Gasteiger partial charge in [0.15, 0.2) is 0 Å². The van der Waals surface area contributed by atoms with Crippen LogP contribution in [0, 0.1) is 9.49 Å². The Kier molecular flexibility index (Phi) is 3.05. The minimum Gasteiger partial charge on any atom is -0.326 e. The molecule has 0 spiro atoms. The van der Waals surface area contributed by atoms with E-state index in [1.54, 1.807) is 0 Å². The fourth-order valence-corrected chi connectivity index (χ4v) is 1.69. The summed E-state index contributed by atoms with van der Waals surface area (Å²) in [6.07, 6.45) is 3.13. The first-order valence-electron chi connectivity index (χ1n) is 4.79. The highest BCUT2D eigenvalue weighted by atomic mass is 127. The average Bonchev–Trinajstić information content (AvgIpc) is 2.93. The van der Waals surface area contributed by atoms with Crippen molar-refractivity contribution in [3.8, 4) is 0 Å². The molecule has 1 amide bonds. The molecule has 74 valence electrons. The van der Waals surface area contributed by atoms with Crippen LogP contribution in [0.3, 0.4) is 0 Å². The van der Waals surface area contributed by atoms with Gasteiger partial charge in [-0.15, -0.1) is 0 Å². The number of halogens is 1. The number of benzene rings is 1. The van der Waals surface area contributed by atoms with Crippen LogP contribution in [0.25, 0.3) is 0 Å². The topological polar surface area (TPSA) is 29.1 Å². The van der Waals surface area contributed by atoms with Crippen LogP contribution < -0.4 is 5.32 Å². The van der Waals surface area contributed by atoms with Crippen molar-refractivity contribution in [1.29, 1.82) is 0 Å². The van der Waals surface area contributed by atoms with Crippen LogP contribution in [0.15, 0.2) is 24.3 Å². The van der Waals surface area contributed by atoms with E-state index in [-0.39, 0.29) is 5.91 Å². The Morgan fingerprint density at radius 3 is 2.57 bits per heavy atom. The molecule has 1 aliphatic carbocycles. The Labute approximate surface area is 97.2 Å². The Bertz CT molecular complexity index is 330. The maximum absolute atomic E-state index is 11.4. The first-order valence-corrected chi connectivity index (χ1v) is 5.87. The highest BCUT2D eigenvalue weighted by Crippen LogP contribution is 2.32. The van der Waals surface area contributed by atoms with Crippen LogP contribution in [0.1, 0.15) is 19.3 Å². The van der Waals surface area contributed by atoms with Gasteiger partial charge in [0.05, 0.1) is 0 Å². The zero-order valence-electron chi connectivity index (χ0n) is 7.79. The third-order valence-electron chi connectivity index (χ3n) is 2.30. The van der Waals surface area contributed by atoms with E-state index >= 15 is 0 Å². The molecule has 1 fully saturated rings. The molecule has 1 N–H and O–H groups in total. The van der Waals surface area contributed by atoms with Crippen LogP contribution in [0.4, 0.5) is 5.69 Å². The highest BCUT2D eigenvalue weighted by molar-refractivity contribution is 14.1. The highest BCUT2D eigenvalue weighted by Gasteiger charge is 2.24. The molecule has 0 heterocycles. The summed E-state index contributed by atoms with van der Waals surface area (Å²) in [7, 11) is 0. The summed E-state index contributed by atoms with van der Waals surface area (Å²) in [5.41, 5.74) is 0.899. The molecule has 14 heavy (non-hydrogen) atoms. The number of rotatable bonds is 3. The largest absolute Gasteiger partial charge is 0.326 e. The van der Waals surface area contributed by atoms with Crippen LogP contribution in [-0.2, 0) is 4.79 Å². The van der Waals surface area contributed by atoms with Gasteiger partial charge in [0, 0.05) is 15.7 Å². The van der Waals surface area contributed by atoms with Crippen LogP contribution in [0.5, 0.6) is 0 Å². The lowest BCUT2D eigenvalue weighted by molar-refractivity contribution is -0.116. The molecule has 0 aromatic heterocycles. The number of carbonyl (C=O) groups excluding carboxylic acids is 1. The van der Waals surface area contributed by atoms with Gasteiger partial charge in [0.25, 0.3) is 0 Å². The van der Waals surface area contributed by atoms with Crippen LogP contribution >= 0.6 is 22.6 Å². The Hall–Kier alpha value is -0.580. The smallest absolute Gasteiger partial charge is 0.224 e. The molecule has 0 saturated heterocycles. The van der Waals surface area contributed by atoms with E-state index in [1.807, 2.05) is 24.3 Å². The van der Waals surface area contributed by atoms with Crippen molar-refractivity contribution >= 4 is 34.2 Å². The van der Waals surface area contributed by atoms with Crippen molar-refractivity contribution in [1.82, 2.24) is 0 Å². The second kappa shape index (κ2) is 4.29. The Morgan fingerprint density at radius 1 is 1.36 bits per heavy atom. The summed E-state index contributed by atoms with van der Waals surface area (Å²) < 4.78 is 1.18. The average molecular weight is 301 g/mol. The van der Waals surface area contributed by atoms with Gasteiger partial charge in [-0.3, -0.25) is 4.79 Å². The van der Waals surface area contributed by atoms with Crippen LogP contribution in [0.2, 0.25) is 0 Å². The first-order chi connectivity index (χ1) is 6.74. The zero-order chi connectivity index (χ0) is 9.97. The molecule has 0 bridgehead atoms. The molecular weight excluding hydrogens is 289 g/mol. The van der Waals surface area contributed by atoms with Gasteiger partial charge < -0.3 is 5.32 Å². The second-order valence-electron chi connectivity index (χ2n) is 3.70. The summed E-state index contributed by atoms with van der Waals surface area (Å²) in [6.45, 7) is 0. The number of amides is 1. The van der Waals surface area contributed by atoms with Gasteiger partial charge in [0.2, 0.25) is 5.91 Å². The predicted molar refractivity (Wildman–Crippen MR) is 65.1 cm³/mol. The van der Waals surface area contributed by atoms with Gasteiger partial charge in [-0.2, -0.15) is 0 Å². The lowest BCUT2D eigenvalue weighted by Crippen LogP contribution is -2.11. The predicted octanol–water partition coefficient (Wildman–Crippen LogP) is 3.03. The number of hydrogen-bond acceptors (Lipinski definition) is 1. The standard InChI is InChI=1S/C11H12INO/c12-9-3-5-10(6-4-9)13-11(14)7-8-1-2-8/h3-6,8H,1-2,7H2,(H,13,14). The maximum Gasteiger partial charge on any atom is 0.224 e. The fourth-order valence-electron chi connectivity index (χ4n) is 1.33. The summed E-state index contributed by atoms with van der Waals surface area (Å²) >= 11 is 2.25. The van der Waals surface area contributed by atoms with E-state index in [4.69, 9.17) is 0 Å². The summed E-state index contributed by atoms with van der Waals surface area (Å²) in [6, 6.07) is 7.86. The molecule has 1 aromatic carbocycles. The van der Waals surface area contributed by atoms with Gasteiger partial charge in [-0.25, -0.2) is 0 Å². The van der Waals surface area contributed by atoms with Gasteiger partial charge >= 0.3 is 0 Å². The van der Waals surface area contributed by atoms with Crippen molar-refractivity contribution in [3.05, 3.63) is 27.8 Å². The van der Waals surface area contributed by atoms with Crippen LogP contribution in [-0.4, -0.2) is 5.91 Å². The lowest BCUT2D eigenvalue weighted by Gasteiger charge is -2.03. The monoisotopic (exact) mass is 301 g/mol. The molecule has 2 nitrogen and oxygen atoms in total. The normalized spacial score (nSPS) is 15.2. The summed E-state index contributed by atoms with van der Waals surface area (Å²) in [5.74, 6) is 0.799. The quantitative estimate of drug-likeness (QED) is 0.854. The fraction of sp³-hybridized carbons (Fsp3) is 0.364. The number of hydrogen-bond donors (Lipinski definition) is 1. The molecule has 0 unspecified atom stereocenters. The van der Waals surface area contributed by atoms with E-state index in [9.17, 15) is 4.79 Å². The zero-order valence-corrected chi connectivity index (χ0v) is 9.95. The van der Waals surface area contributed by atoms with Crippen molar-refractivity contribution in [2.24, 2.45) is 5.92 Å². The minimum absolute atomic E-state index is 0.147. The first kappa shape index (κ1) is 9.96. The number of anilines is 1. The van der Waals surface area contributed by atoms with Crippen molar-refractivity contribution in [2.75, 3.05) is 5.32 Å². The molecule has 1 aliphatic rings. The third kappa shape index (κ3) is 2.97. The van der Waals surface area contributed by atoms with Gasteiger partial charge in [-0.05, 0) is 65.6 Å². The van der Waals surface area contributed by atoms with Crippen molar-refractivity contribution < 1.29 is 4.79 Å². The molecule has 1 saturated carbocycles. The molecule has 0 atom stereocenters. The molecule has 2 rings (SSSR count). The SMILES string of the molecule is O=C(CC1CC1)Nc1ccc(I)cc1. The molecule has 0 aliphatic heterocycles. The molecule has 3 heteroatoms. The maximum atomic E-state index is 11.4. The summed E-state index contributed by atoms with van der Waals surface area (Å²) in [5, 5.41) is 2.90. The third-order valence-corrected chi connectivity index (χ3v) is 3.02. The lowest BCUT2D eigenvalue weighted by atomic mass is 10.2. The molecule has 1 aromatic rings. The number of nitrogens with one attached hydrogen (secondary N) is 1. The Balaban J connectivity index is 1.89. The minimum atomic E-state index is 0.147. The second-order valence-corrected chi connectivity index (χ2v) is 4.95. The summed E-state index contributed by atoms with van der Waals surface area (Å²) in [4.78, 5) is 11.4. The molecule has 0 radical (unpaired) electrons. The van der Waals surface area contributed by atoms with Gasteiger partial charge in [-0.1, -0.05) is 0 Å². The van der Waals surface area contributed by atoms with E-state index in [2.05, 4.69) is 27.9 Å². The van der Waals surface area contributed by atoms with Crippen molar-refractivity contribution in [2.45, 2.75) is 19.3 Å². The van der Waals surface area contributed by atoms with Crippen molar-refractivity contribution in [3.63, 3.8) is 0 Å². The Morgan fingerprint density at radius 2 is 2.00 bits per heavy atom. The van der Waals surface area contributed by atoms with Gasteiger partial charge in [0.1, 0.15) is 0 Å². The van der Waals surface area contributed by atoms with E-state index in [1.165, 1.54) is 16.4 Å². The van der Waals surface area contributed by atoms with E-state index < -0.39 is 0 Å².